The molecule has 16 heavy (non-hydrogen) atoms. The normalized spacial score (nSPS) is 25.9. The van der Waals surface area contributed by atoms with Crippen LogP contribution in [0.1, 0.15) is 24.7 Å². The van der Waals surface area contributed by atoms with E-state index in [2.05, 4.69) is 21.8 Å². The van der Waals surface area contributed by atoms with Gasteiger partial charge < -0.3 is 10.6 Å². The Balaban J connectivity index is 2.25. The molecule has 0 spiro atoms. The summed E-state index contributed by atoms with van der Waals surface area (Å²) in [4.78, 5) is 11.2. The molecular formula is C12H20N4. The monoisotopic (exact) mass is 220 g/mol. The predicted molar refractivity (Wildman–Crippen MR) is 65.5 cm³/mol. The molecule has 1 aliphatic rings. The van der Waals surface area contributed by atoms with E-state index in [1.807, 2.05) is 20.0 Å². The summed E-state index contributed by atoms with van der Waals surface area (Å²) in [6.45, 7) is 8.15. The lowest BCUT2D eigenvalue weighted by molar-refractivity contribution is 0.399. The largest absolute Gasteiger partial charge is 0.353 e. The van der Waals surface area contributed by atoms with Crippen molar-refractivity contribution in [3.63, 3.8) is 0 Å². The highest BCUT2D eigenvalue weighted by Crippen LogP contribution is 2.22. The van der Waals surface area contributed by atoms with E-state index in [0.29, 0.717) is 5.92 Å². The highest BCUT2D eigenvalue weighted by Gasteiger charge is 2.24. The Morgan fingerprint density at radius 1 is 1.38 bits per heavy atom. The summed E-state index contributed by atoms with van der Waals surface area (Å²) in [5.74, 6) is 1.63. The first-order chi connectivity index (χ1) is 7.56. The van der Waals surface area contributed by atoms with Crippen LogP contribution in [-0.4, -0.2) is 29.1 Å². The van der Waals surface area contributed by atoms with Gasteiger partial charge in [0.1, 0.15) is 5.82 Å². The number of aromatic nitrogens is 2. The molecule has 88 valence electrons. The fraction of sp³-hybridized carbons (Fsp3) is 0.667. The van der Waals surface area contributed by atoms with Crippen LogP contribution in [0.5, 0.6) is 0 Å². The SMILES string of the molecule is Cc1cnc(C)c(N2CC(C)CC(N)C2)n1. The van der Waals surface area contributed by atoms with Crippen molar-refractivity contribution in [1.82, 2.24) is 9.97 Å². The minimum absolute atomic E-state index is 0.255. The van der Waals surface area contributed by atoms with Crippen molar-refractivity contribution in [2.45, 2.75) is 33.2 Å². The molecule has 0 amide bonds. The average molecular weight is 220 g/mol. The zero-order valence-corrected chi connectivity index (χ0v) is 10.3. The molecule has 2 N–H and O–H groups in total. The number of nitrogens with zero attached hydrogens (tertiary/aromatic N) is 3. The molecule has 0 bridgehead atoms. The van der Waals surface area contributed by atoms with Gasteiger partial charge in [-0.3, -0.25) is 4.98 Å². The van der Waals surface area contributed by atoms with E-state index in [1.54, 1.807) is 0 Å². The van der Waals surface area contributed by atoms with Gasteiger partial charge in [0.05, 0.1) is 11.4 Å². The van der Waals surface area contributed by atoms with Crippen molar-refractivity contribution in [1.29, 1.82) is 0 Å². The topological polar surface area (TPSA) is 55.0 Å². The van der Waals surface area contributed by atoms with Crippen LogP contribution >= 0.6 is 0 Å². The molecule has 2 atom stereocenters. The predicted octanol–water partition coefficient (Wildman–Crippen LogP) is 1.27. The smallest absolute Gasteiger partial charge is 0.150 e. The van der Waals surface area contributed by atoms with Crippen LogP contribution in [0, 0.1) is 19.8 Å². The third-order valence-electron chi connectivity index (χ3n) is 3.04. The van der Waals surface area contributed by atoms with Gasteiger partial charge in [-0.1, -0.05) is 6.92 Å². The lowest BCUT2D eigenvalue weighted by Crippen LogP contribution is -2.47. The highest BCUT2D eigenvalue weighted by atomic mass is 15.2. The van der Waals surface area contributed by atoms with Gasteiger partial charge in [0.15, 0.2) is 0 Å². The molecule has 4 heteroatoms. The van der Waals surface area contributed by atoms with Crippen molar-refractivity contribution in [2.75, 3.05) is 18.0 Å². The first-order valence-electron chi connectivity index (χ1n) is 5.87. The second-order valence-electron chi connectivity index (χ2n) is 4.93. The van der Waals surface area contributed by atoms with Crippen LogP contribution in [0.25, 0.3) is 0 Å². The molecular weight excluding hydrogens is 200 g/mol. The molecule has 2 heterocycles. The van der Waals surface area contributed by atoms with E-state index >= 15 is 0 Å². The van der Waals surface area contributed by atoms with Gasteiger partial charge in [-0.05, 0) is 26.2 Å². The number of hydrogen-bond donors (Lipinski definition) is 1. The van der Waals surface area contributed by atoms with Gasteiger partial charge in [-0.25, -0.2) is 4.98 Å². The summed E-state index contributed by atoms with van der Waals surface area (Å²) >= 11 is 0. The molecule has 0 aliphatic carbocycles. The second kappa shape index (κ2) is 4.37. The van der Waals surface area contributed by atoms with Crippen molar-refractivity contribution in [2.24, 2.45) is 11.7 Å². The van der Waals surface area contributed by atoms with E-state index in [1.165, 1.54) is 0 Å². The number of nitrogens with two attached hydrogens (primary N) is 1. The Labute approximate surface area is 96.9 Å². The first kappa shape index (κ1) is 11.3. The minimum Gasteiger partial charge on any atom is -0.353 e. The number of hydrogen-bond acceptors (Lipinski definition) is 4. The number of rotatable bonds is 1. The zero-order valence-electron chi connectivity index (χ0n) is 10.3. The molecule has 0 radical (unpaired) electrons. The van der Waals surface area contributed by atoms with Crippen molar-refractivity contribution < 1.29 is 0 Å². The summed E-state index contributed by atoms with van der Waals surface area (Å²) in [5.41, 5.74) is 8.01. The maximum atomic E-state index is 6.05. The van der Waals surface area contributed by atoms with Gasteiger partial charge >= 0.3 is 0 Å². The van der Waals surface area contributed by atoms with Crippen LogP contribution in [0.4, 0.5) is 5.82 Å². The third-order valence-corrected chi connectivity index (χ3v) is 3.04. The number of piperidine rings is 1. The van der Waals surface area contributed by atoms with Crippen LogP contribution in [0.2, 0.25) is 0 Å². The summed E-state index contributed by atoms with van der Waals surface area (Å²) in [5, 5.41) is 0. The minimum atomic E-state index is 0.255. The van der Waals surface area contributed by atoms with E-state index in [0.717, 1.165) is 36.7 Å². The molecule has 1 aromatic heterocycles. The van der Waals surface area contributed by atoms with E-state index in [-0.39, 0.29) is 6.04 Å². The van der Waals surface area contributed by atoms with E-state index in [4.69, 9.17) is 5.73 Å². The summed E-state index contributed by atoms with van der Waals surface area (Å²) < 4.78 is 0. The van der Waals surface area contributed by atoms with E-state index < -0.39 is 0 Å². The fourth-order valence-corrected chi connectivity index (χ4v) is 2.40. The quantitative estimate of drug-likeness (QED) is 0.774. The average Bonchev–Trinajstić information content (AvgIpc) is 2.20. The first-order valence-corrected chi connectivity index (χ1v) is 5.87. The Hall–Kier alpha value is -1.16. The van der Waals surface area contributed by atoms with Crippen LogP contribution in [-0.2, 0) is 0 Å². The molecule has 2 unspecified atom stereocenters. The van der Waals surface area contributed by atoms with Gasteiger partial charge in [0.25, 0.3) is 0 Å². The highest BCUT2D eigenvalue weighted by molar-refractivity contribution is 5.44. The second-order valence-corrected chi connectivity index (χ2v) is 4.93. The molecule has 4 nitrogen and oxygen atoms in total. The molecule has 1 aromatic rings. The Morgan fingerprint density at radius 2 is 2.12 bits per heavy atom. The molecule has 1 saturated heterocycles. The third kappa shape index (κ3) is 2.32. The standard InChI is InChI=1S/C12H20N4/c1-8-4-11(13)7-16(6-8)12-10(3)14-5-9(2)15-12/h5,8,11H,4,6-7,13H2,1-3H3. The maximum absolute atomic E-state index is 6.05. The number of aryl methyl sites for hydroxylation is 2. The molecule has 1 aliphatic heterocycles. The molecule has 1 fully saturated rings. The van der Waals surface area contributed by atoms with Crippen LogP contribution < -0.4 is 10.6 Å². The zero-order chi connectivity index (χ0) is 11.7. The van der Waals surface area contributed by atoms with Gasteiger partial charge in [0, 0.05) is 25.3 Å². The van der Waals surface area contributed by atoms with Crippen molar-refractivity contribution >= 4 is 5.82 Å². The lowest BCUT2D eigenvalue weighted by atomic mass is 9.96. The van der Waals surface area contributed by atoms with Gasteiger partial charge in [-0.2, -0.15) is 0 Å². The van der Waals surface area contributed by atoms with Gasteiger partial charge in [-0.15, -0.1) is 0 Å². The number of anilines is 1. The van der Waals surface area contributed by atoms with Crippen LogP contribution in [0.3, 0.4) is 0 Å². The van der Waals surface area contributed by atoms with Crippen LogP contribution in [0.15, 0.2) is 6.20 Å². The maximum Gasteiger partial charge on any atom is 0.150 e. The Bertz CT molecular complexity index is 367. The summed E-state index contributed by atoms with van der Waals surface area (Å²) in [6.07, 6.45) is 2.92. The van der Waals surface area contributed by atoms with Crippen molar-refractivity contribution in [3.05, 3.63) is 17.6 Å². The lowest BCUT2D eigenvalue weighted by Gasteiger charge is -2.36. The Morgan fingerprint density at radius 3 is 2.81 bits per heavy atom. The Kier molecular flexibility index (Phi) is 3.10. The van der Waals surface area contributed by atoms with Gasteiger partial charge in [0.2, 0.25) is 0 Å². The summed E-state index contributed by atoms with van der Waals surface area (Å²) in [7, 11) is 0. The fourth-order valence-electron chi connectivity index (χ4n) is 2.40. The van der Waals surface area contributed by atoms with E-state index in [9.17, 15) is 0 Å². The molecule has 0 aromatic carbocycles. The summed E-state index contributed by atoms with van der Waals surface area (Å²) in [6, 6.07) is 0.255. The van der Waals surface area contributed by atoms with Crippen molar-refractivity contribution in [3.8, 4) is 0 Å². The molecule has 0 saturated carbocycles. The molecule has 2 rings (SSSR count).